The Hall–Kier alpha value is -4.14. The van der Waals surface area contributed by atoms with E-state index in [0.29, 0.717) is 23.9 Å². The summed E-state index contributed by atoms with van der Waals surface area (Å²) in [5, 5.41) is 7.97. The summed E-state index contributed by atoms with van der Waals surface area (Å²) in [4.78, 5) is 27.6. The number of nitrogens with zero attached hydrogens (tertiary/aromatic N) is 1. The van der Waals surface area contributed by atoms with Gasteiger partial charge in [0.2, 0.25) is 0 Å². The van der Waals surface area contributed by atoms with E-state index < -0.39 is 17.7 Å². The maximum atomic E-state index is 14.0. The molecule has 3 N–H and O–H groups in total. The molecule has 3 aromatic rings. The molecule has 0 bridgehead atoms. The zero-order valence-corrected chi connectivity index (χ0v) is 19.2. The molecular weight excluding hydrogens is 454 g/mol. The maximum Gasteiger partial charge on any atom is 0.323 e. The summed E-state index contributed by atoms with van der Waals surface area (Å²) in [5.74, 6) is -1.20. The average Bonchev–Trinajstić information content (AvgIpc) is 3.39. The molecular formula is C26H26F2N4O3. The highest BCUT2D eigenvalue weighted by molar-refractivity contribution is 6.04. The van der Waals surface area contributed by atoms with Gasteiger partial charge in [0.1, 0.15) is 17.4 Å². The third-order valence-electron chi connectivity index (χ3n) is 5.75. The van der Waals surface area contributed by atoms with E-state index >= 15 is 0 Å². The van der Waals surface area contributed by atoms with Crippen molar-refractivity contribution in [3.05, 3.63) is 83.4 Å². The van der Waals surface area contributed by atoms with E-state index in [4.69, 9.17) is 4.74 Å². The lowest BCUT2D eigenvalue weighted by molar-refractivity contribution is 0.0951. The number of urea groups is 1. The second-order valence-electron chi connectivity index (χ2n) is 8.16. The topological polar surface area (TPSA) is 82.7 Å². The van der Waals surface area contributed by atoms with E-state index in [9.17, 15) is 18.4 Å². The number of nitrogens with one attached hydrogen (secondary N) is 3. The van der Waals surface area contributed by atoms with Gasteiger partial charge in [-0.05, 0) is 60.9 Å². The van der Waals surface area contributed by atoms with Gasteiger partial charge in [-0.25, -0.2) is 13.6 Å². The predicted molar refractivity (Wildman–Crippen MR) is 131 cm³/mol. The molecule has 0 unspecified atom stereocenters. The predicted octanol–water partition coefficient (Wildman–Crippen LogP) is 5.15. The third kappa shape index (κ3) is 6.06. The monoisotopic (exact) mass is 480 g/mol. The lowest BCUT2D eigenvalue weighted by Crippen LogP contribution is -2.26. The van der Waals surface area contributed by atoms with Crippen molar-refractivity contribution < 1.29 is 23.1 Å². The van der Waals surface area contributed by atoms with Crippen molar-refractivity contribution in [2.75, 3.05) is 35.7 Å². The van der Waals surface area contributed by atoms with Crippen LogP contribution in [0, 0.1) is 11.6 Å². The molecule has 0 saturated carbocycles. The van der Waals surface area contributed by atoms with Crippen molar-refractivity contribution in [2.24, 2.45) is 0 Å². The zero-order chi connectivity index (χ0) is 24.8. The third-order valence-corrected chi connectivity index (χ3v) is 5.75. The van der Waals surface area contributed by atoms with Crippen LogP contribution in [0.2, 0.25) is 0 Å². The fourth-order valence-corrected chi connectivity index (χ4v) is 3.91. The van der Waals surface area contributed by atoms with Gasteiger partial charge in [0, 0.05) is 31.3 Å². The average molecular weight is 481 g/mol. The molecule has 0 atom stereocenters. The first-order valence-corrected chi connectivity index (χ1v) is 11.3. The number of hydrogen-bond donors (Lipinski definition) is 3. The van der Waals surface area contributed by atoms with Gasteiger partial charge in [0.05, 0.1) is 24.2 Å². The Labute approximate surface area is 202 Å². The first-order valence-electron chi connectivity index (χ1n) is 11.3. The van der Waals surface area contributed by atoms with E-state index in [2.05, 4.69) is 20.9 Å². The maximum absolute atomic E-state index is 14.0. The van der Waals surface area contributed by atoms with Crippen molar-refractivity contribution in [1.82, 2.24) is 5.32 Å². The summed E-state index contributed by atoms with van der Waals surface area (Å²) in [5.41, 5.74) is 2.31. The minimum Gasteiger partial charge on any atom is -0.497 e. The normalized spacial score (nSPS) is 12.8. The second-order valence-corrected chi connectivity index (χ2v) is 8.16. The number of hydrogen-bond acceptors (Lipinski definition) is 4. The number of methoxy groups -OCH3 is 1. The molecule has 0 aliphatic carbocycles. The summed E-state index contributed by atoms with van der Waals surface area (Å²) >= 11 is 0. The van der Waals surface area contributed by atoms with Crippen molar-refractivity contribution in [3.63, 3.8) is 0 Å². The van der Waals surface area contributed by atoms with Crippen LogP contribution in [-0.2, 0) is 6.54 Å². The molecule has 0 aromatic heterocycles. The van der Waals surface area contributed by atoms with Gasteiger partial charge in [-0.2, -0.15) is 0 Å². The van der Waals surface area contributed by atoms with Crippen LogP contribution >= 0.6 is 0 Å². The van der Waals surface area contributed by atoms with Crippen molar-refractivity contribution >= 4 is 29.0 Å². The van der Waals surface area contributed by atoms with E-state index in [1.807, 2.05) is 24.3 Å². The summed E-state index contributed by atoms with van der Waals surface area (Å²) < 4.78 is 32.3. The molecule has 1 heterocycles. The molecule has 9 heteroatoms. The minimum atomic E-state index is -0.883. The first-order chi connectivity index (χ1) is 16.9. The highest BCUT2D eigenvalue weighted by atomic mass is 19.1. The van der Waals surface area contributed by atoms with Crippen molar-refractivity contribution in [3.8, 4) is 5.75 Å². The summed E-state index contributed by atoms with van der Waals surface area (Å²) in [6.45, 7) is 1.97. The number of anilines is 3. The van der Waals surface area contributed by atoms with Gasteiger partial charge in [-0.3, -0.25) is 4.79 Å². The van der Waals surface area contributed by atoms with Gasteiger partial charge in [0.15, 0.2) is 0 Å². The lowest BCUT2D eigenvalue weighted by Gasteiger charge is -2.22. The van der Waals surface area contributed by atoms with Crippen LogP contribution in [0.3, 0.4) is 0 Å². The standard InChI is InChI=1S/C26H26F2N4O3/c1-35-20-8-4-17(5-9-20)16-29-25(33)18-6-11-24(32-12-2-3-13-32)23(14-18)31-26(34)30-22-10-7-19(27)15-21(22)28/h4-11,14-15H,2-3,12-13,16H2,1H3,(H,29,33)(H2,30,31,34). The number of amides is 3. The summed E-state index contributed by atoms with van der Waals surface area (Å²) in [6.07, 6.45) is 2.05. The molecule has 4 rings (SSSR count). The zero-order valence-electron chi connectivity index (χ0n) is 19.2. The van der Waals surface area contributed by atoms with Gasteiger partial charge < -0.3 is 25.6 Å². The minimum absolute atomic E-state index is 0.153. The highest BCUT2D eigenvalue weighted by Gasteiger charge is 2.19. The van der Waals surface area contributed by atoms with Crippen LogP contribution in [0.25, 0.3) is 0 Å². The van der Waals surface area contributed by atoms with Crippen LogP contribution in [0.4, 0.5) is 30.6 Å². The highest BCUT2D eigenvalue weighted by Crippen LogP contribution is 2.30. The van der Waals surface area contributed by atoms with Crippen LogP contribution in [0.5, 0.6) is 5.75 Å². The number of ether oxygens (including phenoxy) is 1. The Morgan fingerprint density at radius 1 is 0.914 bits per heavy atom. The molecule has 3 aromatic carbocycles. The Balaban J connectivity index is 1.49. The van der Waals surface area contributed by atoms with Gasteiger partial charge in [-0.1, -0.05) is 12.1 Å². The van der Waals surface area contributed by atoms with Crippen LogP contribution in [-0.4, -0.2) is 32.1 Å². The van der Waals surface area contributed by atoms with E-state index in [1.54, 1.807) is 25.3 Å². The van der Waals surface area contributed by atoms with Crippen molar-refractivity contribution in [2.45, 2.75) is 19.4 Å². The van der Waals surface area contributed by atoms with Gasteiger partial charge in [0.25, 0.3) is 5.91 Å². The van der Waals surface area contributed by atoms with Crippen LogP contribution < -0.4 is 25.6 Å². The number of carbonyl (C=O) groups excluding carboxylic acids is 2. The van der Waals surface area contributed by atoms with E-state index in [-0.39, 0.29) is 11.6 Å². The molecule has 182 valence electrons. The van der Waals surface area contributed by atoms with Crippen LogP contribution in [0.15, 0.2) is 60.7 Å². The Morgan fingerprint density at radius 3 is 2.31 bits per heavy atom. The molecule has 0 spiro atoms. The smallest absolute Gasteiger partial charge is 0.323 e. The SMILES string of the molecule is COc1ccc(CNC(=O)c2ccc(N3CCCC3)c(NC(=O)Nc3ccc(F)cc3F)c2)cc1. The molecule has 7 nitrogen and oxygen atoms in total. The van der Waals surface area contributed by atoms with Crippen molar-refractivity contribution in [1.29, 1.82) is 0 Å². The number of rotatable bonds is 7. The van der Waals surface area contributed by atoms with Gasteiger partial charge in [-0.15, -0.1) is 0 Å². The Morgan fingerprint density at radius 2 is 1.63 bits per heavy atom. The largest absolute Gasteiger partial charge is 0.497 e. The van der Waals surface area contributed by atoms with E-state index in [0.717, 1.165) is 55.1 Å². The van der Waals surface area contributed by atoms with Crippen LogP contribution in [0.1, 0.15) is 28.8 Å². The lowest BCUT2D eigenvalue weighted by atomic mass is 10.1. The van der Waals surface area contributed by atoms with E-state index in [1.165, 1.54) is 0 Å². The summed E-state index contributed by atoms with van der Waals surface area (Å²) in [6, 6.07) is 14.7. The second kappa shape index (κ2) is 10.9. The molecule has 1 aliphatic rings. The Bertz CT molecular complexity index is 1210. The molecule has 35 heavy (non-hydrogen) atoms. The molecule has 1 aliphatic heterocycles. The molecule has 1 saturated heterocycles. The number of halogens is 2. The molecule has 3 amide bonds. The number of benzene rings is 3. The fraction of sp³-hybridized carbons (Fsp3) is 0.231. The quantitative estimate of drug-likeness (QED) is 0.437. The first kappa shape index (κ1) is 24.0. The molecule has 1 fully saturated rings. The fourth-order valence-electron chi connectivity index (χ4n) is 3.91. The molecule has 0 radical (unpaired) electrons. The Kier molecular flexibility index (Phi) is 7.45. The number of carbonyl (C=O) groups is 2. The summed E-state index contributed by atoms with van der Waals surface area (Å²) in [7, 11) is 1.59. The van der Waals surface area contributed by atoms with Gasteiger partial charge >= 0.3 is 6.03 Å².